The van der Waals surface area contributed by atoms with Crippen LogP contribution < -0.4 is 10.5 Å². The number of anilines is 1. The van der Waals surface area contributed by atoms with E-state index in [2.05, 4.69) is 0 Å². The summed E-state index contributed by atoms with van der Waals surface area (Å²) in [5.41, 5.74) is 7.88. The zero-order chi connectivity index (χ0) is 16.5. The molecule has 1 heterocycles. The van der Waals surface area contributed by atoms with Crippen LogP contribution in [0, 0.1) is 0 Å². The SMILES string of the molecule is CCOC(=O)CCSCc1cccc(O[C@H]2CCCCO2)c1N. The molecule has 0 spiro atoms. The number of thioether (sulfide) groups is 1. The van der Waals surface area contributed by atoms with Gasteiger partial charge in [0.2, 0.25) is 0 Å². The third-order valence-electron chi connectivity index (χ3n) is 3.57. The average Bonchev–Trinajstić information content (AvgIpc) is 2.56. The van der Waals surface area contributed by atoms with Crippen LogP contribution in [0.4, 0.5) is 5.69 Å². The molecule has 1 fully saturated rings. The van der Waals surface area contributed by atoms with Crippen LogP contribution in [0.2, 0.25) is 0 Å². The van der Waals surface area contributed by atoms with Crippen molar-refractivity contribution in [2.75, 3.05) is 24.7 Å². The molecule has 0 bridgehead atoms. The second-order valence-electron chi connectivity index (χ2n) is 5.35. The fourth-order valence-electron chi connectivity index (χ4n) is 2.33. The van der Waals surface area contributed by atoms with Gasteiger partial charge in [0, 0.05) is 17.9 Å². The van der Waals surface area contributed by atoms with E-state index in [-0.39, 0.29) is 12.3 Å². The van der Waals surface area contributed by atoms with Crippen molar-refractivity contribution in [3.8, 4) is 5.75 Å². The third kappa shape index (κ3) is 5.95. The minimum atomic E-state index is -0.197. The Morgan fingerprint density at radius 2 is 2.30 bits per heavy atom. The van der Waals surface area contributed by atoms with Crippen LogP contribution in [-0.2, 0) is 20.0 Å². The van der Waals surface area contributed by atoms with E-state index in [0.717, 1.165) is 42.9 Å². The molecule has 5 nitrogen and oxygen atoms in total. The Bertz CT molecular complexity index is 503. The van der Waals surface area contributed by atoms with Gasteiger partial charge in [0.05, 0.1) is 25.3 Å². The van der Waals surface area contributed by atoms with Gasteiger partial charge < -0.3 is 19.9 Å². The molecule has 23 heavy (non-hydrogen) atoms. The van der Waals surface area contributed by atoms with Gasteiger partial charge >= 0.3 is 5.97 Å². The van der Waals surface area contributed by atoms with Gasteiger partial charge in [0.1, 0.15) is 5.75 Å². The number of hydrogen-bond acceptors (Lipinski definition) is 6. The lowest BCUT2D eigenvalue weighted by Crippen LogP contribution is -2.25. The number of carbonyl (C=O) groups is 1. The number of nitrogen functional groups attached to an aromatic ring is 1. The molecule has 1 saturated heterocycles. The fourth-order valence-corrected chi connectivity index (χ4v) is 3.26. The molecule has 2 rings (SSSR count). The van der Waals surface area contributed by atoms with E-state index in [1.807, 2.05) is 25.1 Å². The number of esters is 1. The smallest absolute Gasteiger partial charge is 0.306 e. The summed E-state index contributed by atoms with van der Waals surface area (Å²) < 4.78 is 16.4. The molecule has 1 aromatic carbocycles. The molecule has 1 aliphatic heterocycles. The average molecular weight is 339 g/mol. The van der Waals surface area contributed by atoms with Crippen molar-refractivity contribution in [1.29, 1.82) is 0 Å². The maximum atomic E-state index is 11.3. The Balaban J connectivity index is 1.82. The normalized spacial score (nSPS) is 17.7. The summed E-state index contributed by atoms with van der Waals surface area (Å²) in [5, 5.41) is 0. The lowest BCUT2D eigenvalue weighted by Gasteiger charge is -2.24. The Morgan fingerprint density at radius 1 is 1.43 bits per heavy atom. The van der Waals surface area contributed by atoms with E-state index in [0.29, 0.717) is 24.5 Å². The van der Waals surface area contributed by atoms with E-state index in [4.69, 9.17) is 19.9 Å². The second-order valence-corrected chi connectivity index (χ2v) is 6.46. The highest BCUT2D eigenvalue weighted by Gasteiger charge is 2.17. The van der Waals surface area contributed by atoms with Gasteiger partial charge in [0.15, 0.2) is 6.29 Å². The molecule has 1 aromatic rings. The highest BCUT2D eigenvalue weighted by atomic mass is 32.2. The molecule has 0 unspecified atom stereocenters. The van der Waals surface area contributed by atoms with Gasteiger partial charge in [-0.15, -0.1) is 0 Å². The van der Waals surface area contributed by atoms with Gasteiger partial charge in [0.25, 0.3) is 0 Å². The number of nitrogens with two attached hydrogens (primary N) is 1. The predicted octanol–water partition coefficient (Wildman–Crippen LogP) is 3.36. The Labute approximate surface area is 141 Å². The van der Waals surface area contributed by atoms with Crippen LogP contribution >= 0.6 is 11.8 Å². The molecule has 0 radical (unpaired) electrons. The lowest BCUT2D eigenvalue weighted by atomic mass is 10.2. The molecule has 6 heteroatoms. The quantitative estimate of drug-likeness (QED) is 0.445. The van der Waals surface area contributed by atoms with E-state index >= 15 is 0 Å². The molecule has 2 N–H and O–H groups in total. The molecule has 1 atom stereocenters. The van der Waals surface area contributed by atoms with Crippen molar-refractivity contribution in [3.05, 3.63) is 23.8 Å². The highest BCUT2D eigenvalue weighted by molar-refractivity contribution is 7.98. The lowest BCUT2D eigenvalue weighted by molar-refractivity contribution is -0.142. The molecule has 0 amide bonds. The molecule has 0 aliphatic carbocycles. The summed E-state index contributed by atoms with van der Waals surface area (Å²) in [6, 6.07) is 5.80. The molecule has 128 valence electrons. The molecule has 0 saturated carbocycles. The van der Waals surface area contributed by atoms with Gasteiger partial charge in [-0.2, -0.15) is 11.8 Å². The second kappa shape index (κ2) is 9.67. The van der Waals surface area contributed by atoms with E-state index < -0.39 is 0 Å². The monoisotopic (exact) mass is 339 g/mol. The maximum Gasteiger partial charge on any atom is 0.306 e. The van der Waals surface area contributed by atoms with Gasteiger partial charge in [-0.05, 0) is 31.4 Å². The van der Waals surface area contributed by atoms with Gasteiger partial charge in [-0.1, -0.05) is 12.1 Å². The number of benzene rings is 1. The topological polar surface area (TPSA) is 70.8 Å². The maximum absolute atomic E-state index is 11.3. The summed E-state index contributed by atoms with van der Waals surface area (Å²) in [6.07, 6.45) is 3.33. The fraction of sp³-hybridized carbons (Fsp3) is 0.588. The molecular weight excluding hydrogens is 314 g/mol. The molecular formula is C17H25NO4S. The number of carbonyl (C=O) groups excluding carboxylic acids is 1. The van der Waals surface area contributed by atoms with E-state index in [1.165, 1.54) is 0 Å². The number of para-hydroxylation sites is 1. The first kappa shape index (κ1) is 17.9. The zero-order valence-electron chi connectivity index (χ0n) is 13.6. The van der Waals surface area contributed by atoms with Gasteiger partial charge in [-0.25, -0.2) is 0 Å². The minimum absolute atomic E-state index is 0.153. The van der Waals surface area contributed by atoms with E-state index in [1.54, 1.807) is 11.8 Å². The van der Waals surface area contributed by atoms with Gasteiger partial charge in [-0.3, -0.25) is 4.79 Å². The van der Waals surface area contributed by atoms with Crippen LogP contribution in [0.3, 0.4) is 0 Å². The Kier molecular flexibility index (Phi) is 7.55. The number of hydrogen-bond donors (Lipinski definition) is 1. The summed E-state index contributed by atoms with van der Waals surface area (Å²) >= 11 is 1.66. The van der Waals surface area contributed by atoms with Crippen LogP contribution in [0.15, 0.2) is 18.2 Å². The number of ether oxygens (including phenoxy) is 3. The first-order valence-corrected chi connectivity index (χ1v) is 9.25. The van der Waals surface area contributed by atoms with Crippen LogP contribution in [-0.4, -0.2) is 31.2 Å². The standard InChI is InChI=1S/C17H25NO4S/c1-2-20-15(19)9-11-23-12-13-6-5-7-14(17(13)18)22-16-8-3-4-10-21-16/h5-7,16H,2-4,8-12,18H2,1H3/t16-/m0/s1. The Morgan fingerprint density at radius 3 is 3.04 bits per heavy atom. The summed E-state index contributed by atoms with van der Waals surface area (Å²) in [5.74, 6) is 1.99. The number of rotatable bonds is 8. The first-order valence-electron chi connectivity index (χ1n) is 8.09. The van der Waals surface area contributed by atoms with Crippen molar-refractivity contribution < 1.29 is 19.0 Å². The van der Waals surface area contributed by atoms with Crippen molar-refractivity contribution in [3.63, 3.8) is 0 Å². The van der Waals surface area contributed by atoms with Crippen molar-refractivity contribution in [1.82, 2.24) is 0 Å². The highest BCUT2D eigenvalue weighted by Crippen LogP contribution is 2.30. The summed E-state index contributed by atoms with van der Waals surface area (Å²) in [7, 11) is 0. The molecule has 0 aromatic heterocycles. The largest absolute Gasteiger partial charge is 0.466 e. The minimum Gasteiger partial charge on any atom is -0.466 e. The van der Waals surface area contributed by atoms with Crippen molar-refractivity contribution in [2.45, 2.75) is 44.6 Å². The van der Waals surface area contributed by atoms with Crippen molar-refractivity contribution in [2.24, 2.45) is 0 Å². The van der Waals surface area contributed by atoms with Crippen LogP contribution in [0.1, 0.15) is 38.2 Å². The van der Waals surface area contributed by atoms with E-state index in [9.17, 15) is 4.79 Å². The van der Waals surface area contributed by atoms with Crippen molar-refractivity contribution >= 4 is 23.4 Å². The van der Waals surface area contributed by atoms with Crippen LogP contribution in [0.25, 0.3) is 0 Å². The summed E-state index contributed by atoms with van der Waals surface area (Å²) in [4.78, 5) is 11.3. The summed E-state index contributed by atoms with van der Waals surface area (Å²) in [6.45, 7) is 2.99. The Hall–Kier alpha value is -1.40. The predicted molar refractivity (Wildman–Crippen MR) is 92.5 cm³/mol. The first-order chi connectivity index (χ1) is 11.2. The zero-order valence-corrected chi connectivity index (χ0v) is 14.4. The molecule has 1 aliphatic rings. The third-order valence-corrected chi connectivity index (χ3v) is 4.57. The van der Waals surface area contributed by atoms with Crippen LogP contribution in [0.5, 0.6) is 5.75 Å².